The number of fused-ring (bicyclic) bond motifs is 1. The molecule has 2 N–H and O–H groups in total. The lowest BCUT2D eigenvalue weighted by Gasteiger charge is -2.26. The number of benzene rings is 1. The Labute approximate surface area is 114 Å². The van der Waals surface area contributed by atoms with E-state index in [1.165, 1.54) is 37.9 Å². The van der Waals surface area contributed by atoms with Gasteiger partial charge in [0.05, 0.1) is 17.6 Å². The molecule has 1 aliphatic rings. The van der Waals surface area contributed by atoms with Crippen LogP contribution in [0.4, 0.5) is 0 Å². The number of para-hydroxylation sites is 2. The fourth-order valence-corrected chi connectivity index (χ4v) is 2.94. The van der Waals surface area contributed by atoms with Crippen molar-refractivity contribution in [3.8, 4) is 0 Å². The molecule has 4 heteroatoms. The second kappa shape index (κ2) is 5.72. The first-order valence-corrected chi connectivity index (χ1v) is 7.25. The molecule has 1 aliphatic heterocycles. The van der Waals surface area contributed by atoms with E-state index in [2.05, 4.69) is 27.7 Å². The molecule has 0 atom stereocenters. The van der Waals surface area contributed by atoms with Gasteiger partial charge < -0.3 is 10.3 Å². The topological polar surface area (TPSA) is 47.1 Å². The van der Waals surface area contributed by atoms with Crippen LogP contribution in [0.5, 0.6) is 0 Å². The summed E-state index contributed by atoms with van der Waals surface area (Å²) in [5.41, 5.74) is 8.04. The van der Waals surface area contributed by atoms with E-state index in [1.807, 2.05) is 6.07 Å². The summed E-state index contributed by atoms with van der Waals surface area (Å²) in [6.45, 7) is 4.86. The molecule has 0 aliphatic carbocycles. The van der Waals surface area contributed by atoms with Gasteiger partial charge in [0.15, 0.2) is 0 Å². The highest BCUT2D eigenvalue weighted by molar-refractivity contribution is 5.75. The summed E-state index contributed by atoms with van der Waals surface area (Å²) in [5.74, 6) is 1.16. The SMILES string of the molecule is NCCn1c(CN2CCCCC2)nc2ccccc21. The lowest BCUT2D eigenvalue weighted by molar-refractivity contribution is 0.213. The highest BCUT2D eigenvalue weighted by Gasteiger charge is 2.15. The minimum atomic E-state index is 0.660. The molecule has 4 nitrogen and oxygen atoms in total. The van der Waals surface area contributed by atoms with Crippen LogP contribution in [-0.4, -0.2) is 34.1 Å². The molecular formula is C15H22N4. The van der Waals surface area contributed by atoms with E-state index in [-0.39, 0.29) is 0 Å². The standard InChI is InChI=1S/C15H22N4/c16-8-11-19-14-7-3-2-6-13(14)17-15(19)12-18-9-4-1-5-10-18/h2-3,6-7H,1,4-5,8-12,16H2. The van der Waals surface area contributed by atoms with Crippen molar-refractivity contribution in [2.75, 3.05) is 19.6 Å². The summed E-state index contributed by atoms with van der Waals surface area (Å²) in [4.78, 5) is 7.30. The van der Waals surface area contributed by atoms with Crippen LogP contribution < -0.4 is 5.73 Å². The average Bonchev–Trinajstić information content (AvgIpc) is 2.79. The molecular weight excluding hydrogens is 236 g/mol. The molecule has 2 aromatic rings. The molecule has 0 radical (unpaired) electrons. The van der Waals surface area contributed by atoms with Crippen molar-refractivity contribution in [2.24, 2.45) is 5.73 Å². The summed E-state index contributed by atoms with van der Waals surface area (Å²) in [7, 11) is 0. The Hall–Kier alpha value is -1.39. The van der Waals surface area contributed by atoms with Gasteiger partial charge in [0, 0.05) is 13.1 Å². The van der Waals surface area contributed by atoms with Crippen molar-refractivity contribution >= 4 is 11.0 Å². The number of hydrogen-bond acceptors (Lipinski definition) is 3. The Balaban J connectivity index is 1.90. The van der Waals surface area contributed by atoms with Crippen molar-refractivity contribution in [1.29, 1.82) is 0 Å². The fourth-order valence-electron chi connectivity index (χ4n) is 2.94. The van der Waals surface area contributed by atoms with Crippen LogP contribution in [-0.2, 0) is 13.1 Å². The maximum absolute atomic E-state index is 5.75. The van der Waals surface area contributed by atoms with E-state index in [0.29, 0.717) is 6.54 Å². The highest BCUT2D eigenvalue weighted by Crippen LogP contribution is 2.18. The van der Waals surface area contributed by atoms with Crippen LogP contribution in [0, 0.1) is 0 Å². The number of aromatic nitrogens is 2. The summed E-state index contributed by atoms with van der Waals surface area (Å²) in [6, 6.07) is 8.34. The number of imidazole rings is 1. The van der Waals surface area contributed by atoms with Crippen molar-refractivity contribution < 1.29 is 0 Å². The van der Waals surface area contributed by atoms with Crippen molar-refractivity contribution in [3.05, 3.63) is 30.1 Å². The Kier molecular flexibility index (Phi) is 3.80. The van der Waals surface area contributed by atoms with Gasteiger partial charge in [-0.1, -0.05) is 18.6 Å². The summed E-state index contributed by atoms with van der Waals surface area (Å²) in [5, 5.41) is 0. The Morgan fingerprint density at radius 2 is 1.89 bits per heavy atom. The third-order valence-corrected chi connectivity index (χ3v) is 3.90. The zero-order valence-electron chi connectivity index (χ0n) is 11.4. The maximum atomic E-state index is 5.75. The van der Waals surface area contributed by atoms with Crippen molar-refractivity contribution in [1.82, 2.24) is 14.5 Å². The zero-order valence-corrected chi connectivity index (χ0v) is 11.4. The van der Waals surface area contributed by atoms with Crippen LogP contribution in [0.2, 0.25) is 0 Å². The van der Waals surface area contributed by atoms with Crippen LogP contribution in [0.15, 0.2) is 24.3 Å². The minimum Gasteiger partial charge on any atom is -0.329 e. The van der Waals surface area contributed by atoms with Gasteiger partial charge in [-0.15, -0.1) is 0 Å². The van der Waals surface area contributed by atoms with E-state index in [9.17, 15) is 0 Å². The van der Waals surface area contributed by atoms with Gasteiger partial charge in [-0.05, 0) is 38.1 Å². The summed E-state index contributed by atoms with van der Waals surface area (Å²) in [6.07, 6.45) is 4.00. The Morgan fingerprint density at radius 1 is 1.11 bits per heavy atom. The quantitative estimate of drug-likeness (QED) is 0.912. The first-order chi connectivity index (χ1) is 9.38. The van der Waals surface area contributed by atoms with Crippen LogP contribution in [0.1, 0.15) is 25.1 Å². The molecule has 0 spiro atoms. The third-order valence-electron chi connectivity index (χ3n) is 3.90. The largest absolute Gasteiger partial charge is 0.329 e. The number of nitrogens with two attached hydrogens (primary N) is 1. The van der Waals surface area contributed by atoms with E-state index in [1.54, 1.807) is 0 Å². The third kappa shape index (κ3) is 2.65. The monoisotopic (exact) mass is 258 g/mol. The van der Waals surface area contributed by atoms with Gasteiger partial charge in [-0.3, -0.25) is 4.90 Å². The molecule has 19 heavy (non-hydrogen) atoms. The van der Waals surface area contributed by atoms with Gasteiger partial charge in [0.2, 0.25) is 0 Å². The number of rotatable bonds is 4. The maximum Gasteiger partial charge on any atom is 0.124 e. The molecule has 102 valence electrons. The number of piperidine rings is 1. The minimum absolute atomic E-state index is 0.660. The van der Waals surface area contributed by atoms with E-state index in [4.69, 9.17) is 10.7 Å². The smallest absolute Gasteiger partial charge is 0.124 e. The molecule has 1 aromatic heterocycles. The highest BCUT2D eigenvalue weighted by atomic mass is 15.2. The van der Waals surface area contributed by atoms with E-state index in [0.717, 1.165) is 24.4 Å². The van der Waals surface area contributed by atoms with Gasteiger partial charge in [-0.2, -0.15) is 0 Å². The predicted molar refractivity (Wildman–Crippen MR) is 77.9 cm³/mol. The molecule has 0 amide bonds. The fraction of sp³-hybridized carbons (Fsp3) is 0.533. The number of likely N-dealkylation sites (tertiary alicyclic amines) is 1. The number of nitrogens with zero attached hydrogens (tertiary/aromatic N) is 3. The van der Waals surface area contributed by atoms with Gasteiger partial charge in [0.1, 0.15) is 5.82 Å². The van der Waals surface area contributed by atoms with Crippen LogP contribution in [0.3, 0.4) is 0 Å². The molecule has 3 rings (SSSR count). The lowest BCUT2D eigenvalue weighted by Crippen LogP contribution is -2.30. The average molecular weight is 258 g/mol. The second-order valence-electron chi connectivity index (χ2n) is 5.29. The number of hydrogen-bond donors (Lipinski definition) is 1. The molecule has 1 aromatic carbocycles. The van der Waals surface area contributed by atoms with Gasteiger partial charge in [0.25, 0.3) is 0 Å². The van der Waals surface area contributed by atoms with Gasteiger partial charge in [-0.25, -0.2) is 4.98 Å². The Morgan fingerprint density at radius 3 is 2.68 bits per heavy atom. The first-order valence-electron chi connectivity index (χ1n) is 7.25. The van der Waals surface area contributed by atoms with E-state index < -0.39 is 0 Å². The van der Waals surface area contributed by atoms with Crippen molar-refractivity contribution in [3.63, 3.8) is 0 Å². The summed E-state index contributed by atoms with van der Waals surface area (Å²) >= 11 is 0. The lowest BCUT2D eigenvalue weighted by atomic mass is 10.1. The molecule has 0 unspecified atom stereocenters. The Bertz CT molecular complexity index is 540. The predicted octanol–water partition coefficient (Wildman–Crippen LogP) is 1.98. The summed E-state index contributed by atoms with van der Waals surface area (Å²) < 4.78 is 2.28. The molecule has 0 bridgehead atoms. The normalized spacial score (nSPS) is 17.1. The van der Waals surface area contributed by atoms with Crippen molar-refractivity contribution in [2.45, 2.75) is 32.4 Å². The molecule has 1 fully saturated rings. The molecule has 1 saturated heterocycles. The van der Waals surface area contributed by atoms with Crippen LogP contribution in [0.25, 0.3) is 11.0 Å². The second-order valence-corrected chi connectivity index (χ2v) is 5.29. The first kappa shape index (κ1) is 12.6. The van der Waals surface area contributed by atoms with Gasteiger partial charge >= 0.3 is 0 Å². The van der Waals surface area contributed by atoms with E-state index >= 15 is 0 Å². The zero-order chi connectivity index (χ0) is 13.1. The van der Waals surface area contributed by atoms with Crippen LogP contribution >= 0.6 is 0 Å². The molecule has 0 saturated carbocycles. The molecule has 2 heterocycles.